The van der Waals surface area contributed by atoms with Crippen molar-refractivity contribution in [1.29, 1.82) is 0 Å². The molecule has 0 aliphatic heterocycles. The molecule has 166 valence electrons. The van der Waals surface area contributed by atoms with Crippen LogP contribution in [0.25, 0.3) is 10.9 Å². The lowest BCUT2D eigenvalue weighted by atomic mass is 10.1. The van der Waals surface area contributed by atoms with E-state index in [0.717, 1.165) is 11.3 Å². The fourth-order valence-corrected chi connectivity index (χ4v) is 3.41. The molecular formula is C26H23N3O4. The Morgan fingerprint density at radius 2 is 1.64 bits per heavy atom. The van der Waals surface area contributed by atoms with E-state index in [2.05, 4.69) is 10.3 Å². The third kappa shape index (κ3) is 5.33. The molecule has 7 heteroatoms. The molecule has 7 nitrogen and oxygen atoms in total. The maximum Gasteiger partial charge on any atom is 0.306 e. The second kappa shape index (κ2) is 9.91. The summed E-state index contributed by atoms with van der Waals surface area (Å²) < 4.78 is 6.82. The summed E-state index contributed by atoms with van der Waals surface area (Å²) in [6.07, 6.45) is 0.407. The number of nitrogens with zero attached hydrogens (tertiary/aromatic N) is 2. The van der Waals surface area contributed by atoms with E-state index in [4.69, 9.17) is 4.74 Å². The second-order valence-electron chi connectivity index (χ2n) is 7.59. The van der Waals surface area contributed by atoms with Crippen LogP contribution in [0.1, 0.15) is 28.2 Å². The van der Waals surface area contributed by atoms with Gasteiger partial charge in [-0.2, -0.15) is 0 Å². The molecule has 0 fully saturated rings. The van der Waals surface area contributed by atoms with Crippen molar-refractivity contribution in [3.8, 4) is 0 Å². The number of rotatable bonds is 7. The number of amides is 1. The maximum atomic E-state index is 12.5. The summed E-state index contributed by atoms with van der Waals surface area (Å²) in [5, 5.41) is 3.37. The number of benzene rings is 3. The van der Waals surface area contributed by atoms with Crippen molar-refractivity contribution in [3.05, 3.63) is 106 Å². The molecule has 1 amide bonds. The second-order valence-corrected chi connectivity index (χ2v) is 7.59. The van der Waals surface area contributed by atoms with Crippen molar-refractivity contribution in [2.45, 2.75) is 19.4 Å². The summed E-state index contributed by atoms with van der Waals surface area (Å²) in [5.41, 5.74) is 2.48. The van der Waals surface area contributed by atoms with E-state index in [0.29, 0.717) is 28.7 Å². The number of aryl methyl sites for hydroxylation is 1. The molecule has 0 saturated heterocycles. The molecule has 3 aromatic carbocycles. The van der Waals surface area contributed by atoms with Crippen LogP contribution in [0, 0.1) is 0 Å². The van der Waals surface area contributed by atoms with E-state index in [1.54, 1.807) is 49.5 Å². The average molecular weight is 441 g/mol. The van der Waals surface area contributed by atoms with Crippen LogP contribution < -0.4 is 10.9 Å². The van der Waals surface area contributed by atoms with Crippen LogP contribution in [0.15, 0.2) is 83.7 Å². The predicted octanol–water partition coefficient (Wildman–Crippen LogP) is 3.86. The van der Waals surface area contributed by atoms with Gasteiger partial charge in [0.05, 0.1) is 17.3 Å². The smallest absolute Gasteiger partial charge is 0.306 e. The number of hydrogen-bond donors (Lipinski definition) is 1. The molecule has 0 aliphatic carbocycles. The van der Waals surface area contributed by atoms with Crippen molar-refractivity contribution in [1.82, 2.24) is 9.55 Å². The normalized spacial score (nSPS) is 10.7. The lowest BCUT2D eigenvalue weighted by Gasteiger charge is -2.10. The largest absolute Gasteiger partial charge is 0.461 e. The summed E-state index contributed by atoms with van der Waals surface area (Å²) >= 11 is 0. The molecule has 33 heavy (non-hydrogen) atoms. The fraction of sp³-hybridized carbons (Fsp3) is 0.154. The molecule has 1 N–H and O–H groups in total. The standard InChI is InChI=1S/C26H23N3O4/c1-29-23(28-22-10-6-5-9-21(22)26(29)32)15-16-24(30)33-17-18-11-13-19(14-12-18)25(31)27-20-7-3-2-4-8-20/h2-14H,15-17H2,1H3,(H,27,31). The van der Waals surface area contributed by atoms with Gasteiger partial charge in [-0.05, 0) is 42.0 Å². The van der Waals surface area contributed by atoms with Gasteiger partial charge in [-0.3, -0.25) is 19.0 Å². The Bertz CT molecular complexity index is 1350. The molecule has 1 aromatic heterocycles. The van der Waals surface area contributed by atoms with Gasteiger partial charge in [0.15, 0.2) is 0 Å². The van der Waals surface area contributed by atoms with Gasteiger partial charge in [0.2, 0.25) is 0 Å². The number of ether oxygens (including phenoxy) is 1. The Kier molecular flexibility index (Phi) is 6.59. The molecule has 0 atom stereocenters. The highest BCUT2D eigenvalue weighted by atomic mass is 16.5. The minimum absolute atomic E-state index is 0.101. The van der Waals surface area contributed by atoms with Crippen molar-refractivity contribution in [2.24, 2.45) is 7.05 Å². The van der Waals surface area contributed by atoms with Crippen molar-refractivity contribution >= 4 is 28.5 Å². The van der Waals surface area contributed by atoms with E-state index in [-0.39, 0.29) is 30.5 Å². The zero-order chi connectivity index (χ0) is 23.2. The first-order chi connectivity index (χ1) is 16.0. The lowest BCUT2D eigenvalue weighted by molar-refractivity contribution is -0.144. The molecule has 0 bridgehead atoms. The number of nitrogens with one attached hydrogen (secondary N) is 1. The maximum absolute atomic E-state index is 12.5. The minimum Gasteiger partial charge on any atom is -0.461 e. The van der Waals surface area contributed by atoms with Gasteiger partial charge in [-0.15, -0.1) is 0 Å². The van der Waals surface area contributed by atoms with Gasteiger partial charge in [0.25, 0.3) is 11.5 Å². The molecule has 0 spiro atoms. The summed E-state index contributed by atoms with van der Waals surface area (Å²) in [5.74, 6) is -0.0639. The Labute approximate surface area is 190 Å². The van der Waals surface area contributed by atoms with Crippen LogP contribution in [-0.2, 0) is 29.6 Å². The number of carbonyl (C=O) groups is 2. The molecule has 4 aromatic rings. The van der Waals surface area contributed by atoms with E-state index in [9.17, 15) is 14.4 Å². The number of anilines is 1. The first-order valence-electron chi connectivity index (χ1n) is 10.6. The van der Waals surface area contributed by atoms with Gasteiger partial charge in [0, 0.05) is 24.7 Å². The monoisotopic (exact) mass is 441 g/mol. The number of para-hydroxylation sites is 2. The van der Waals surface area contributed by atoms with Crippen LogP contribution in [0.4, 0.5) is 5.69 Å². The molecule has 1 heterocycles. The average Bonchev–Trinajstić information content (AvgIpc) is 2.85. The summed E-state index contributed by atoms with van der Waals surface area (Å²) in [6, 6.07) is 23.2. The summed E-state index contributed by atoms with van der Waals surface area (Å²) in [7, 11) is 1.65. The molecule has 0 unspecified atom stereocenters. The van der Waals surface area contributed by atoms with Gasteiger partial charge in [0.1, 0.15) is 12.4 Å². The van der Waals surface area contributed by atoms with Crippen LogP contribution in [0.3, 0.4) is 0 Å². The predicted molar refractivity (Wildman–Crippen MR) is 126 cm³/mol. The Hall–Kier alpha value is -4.26. The lowest BCUT2D eigenvalue weighted by Crippen LogP contribution is -2.23. The Morgan fingerprint density at radius 1 is 0.939 bits per heavy atom. The van der Waals surface area contributed by atoms with Gasteiger partial charge in [-0.25, -0.2) is 4.98 Å². The first-order valence-corrected chi connectivity index (χ1v) is 10.6. The quantitative estimate of drug-likeness (QED) is 0.440. The number of esters is 1. The molecule has 0 aliphatic rings. The highest BCUT2D eigenvalue weighted by Crippen LogP contribution is 2.12. The van der Waals surface area contributed by atoms with Gasteiger partial charge >= 0.3 is 5.97 Å². The Balaban J connectivity index is 1.30. The fourth-order valence-electron chi connectivity index (χ4n) is 3.41. The Morgan fingerprint density at radius 3 is 2.39 bits per heavy atom. The number of hydrogen-bond acceptors (Lipinski definition) is 5. The summed E-state index contributed by atoms with van der Waals surface area (Å²) in [6.45, 7) is 0.101. The van der Waals surface area contributed by atoms with Crippen molar-refractivity contribution in [3.63, 3.8) is 0 Å². The van der Waals surface area contributed by atoms with Crippen LogP contribution in [0.5, 0.6) is 0 Å². The molecule has 0 saturated carbocycles. The number of aromatic nitrogens is 2. The number of fused-ring (bicyclic) bond motifs is 1. The highest BCUT2D eigenvalue weighted by molar-refractivity contribution is 6.04. The highest BCUT2D eigenvalue weighted by Gasteiger charge is 2.11. The van der Waals surface area contributed by atoms with Crippen LogP contribution in [0.2, 0.25) is 0 Å². The third-order valence-electron chi connectivity index (χ3n) is 5.28. The SMILES string of the molecule is Cn1c(CCC(=O)OCc2ccc(C(=O)Nc3ccccc3)cc2)nc2ccccc2c1=O. The minimum atomic E-state index is -0.386. The zero-order valence-electron chi connectivity index (χ0n) is 18.2. The zero-order valence-corrected chi connectivity index (χ0v) is 18.2. The molecular weight excluding hydrogens is 418 g/mol. The van der Waals surface area contributed by atoms with Crippen LogP contribution >= 0.6 is 0 Å². The van der Waals surface area contributed by atoms with E-state index in [1.807, 2.05) is 36.4 Å². The topological polar surface area (TPSA) is 90.3 Å². The number of carbonyl (C=O) groups excluding carboxylic acids is 2. The third-order valence-corrected chi connectivity index (χ3v) is 5.28. The van der Waals surface area contributed by atoms with Crippen molar-refractivity contribution < 1.29 is 14.3 Å². The van der Waals surface area contributed by atoms with Crippen molar-refractivity contribution in [2.75, 3.05) is 5.32 Å². The summed E-state index contributed by atoms with van der Waals surface area (Å²) in [4.78, 5) is 41.5. The van der Waals surface area contributed by atoms with E-state index >= 15 is 0 Å². The van der Waals surface area contributed by atoms with E-state index < -0.39 is 0 Å². The molecule has 4 rings (SSSR count). The van der Waals surface area contributed by atoms with Gasteiger partial charge in [-0.1, -0.05) is 42.5 Å². The molecule has 0 radical (unpaired) electrons. The first kappa shape index (κ1) is 22.0. The van der Waals surface area contributed by atoms with E-state index in [1.165, 1.54) is 4.57 Å². The van der Waals surface area contributed by atoms with Crippen LogP contribution in [-0.4, -0.2) is 21.4 Å². The van der Waals surface area contributed by atoms with Gasteiger partial charge < -0.3 is 10.1 Å².